The lowest BCUT2D eigenvalue weighted by molar-refractivity contribution is -0.646. The highest BCUT2D eigenvalue weighted by Gasteiger charge is 2.20. The van der Waals surface area contributed by atoms with E-state index in [1.165, 1.54) is 66.4 Å². The number of aromatic nitrogens is 2. The van der Waals surface area contributed by atoms with Gasteiger partial charge in [-0.2, -0.15) is 9.13 Å². The van der Waals surface area contributed by atoms with Gasteiger partial charge in [0.1, 0.15) is 13.1 Å². The number of carbonyl (C=O) groups excluding carboxylic acids is 4. The van der Waals surface area contributed by atoms with Crippen LogP contribution in [-0.2, 0) is 60.7 Å². The zero-order valence-corrected chi connectivity index (χ0v) is 56.2. The van der Waals surface area contributed by atoms with E-state index >= 15 is 0 Å². The summed E-state index contributed by atoms with van der Waals surface area (Å²) in [7, 11) is 16.6. The molecule has 0 bridgehead atoms. The molecule has 0 aliphatic rings. The molecule has 4 aromatic carbocycles. The minimum atomic E-state index is -0.0784. The number of carbonyl (C=O) groups is 4. The van der Waals surface area contributed by atoms with Crippen molar-refractivity contribution in [3.05, 3.63) is 84.9 Å². The van der Waals surface area contributed by atoms with Gasteiger partial charge in [-0.05, 0) is 118 Å². The molecular weight excluding hydrogens is 1150 g/mol. The summed E-state index contributed by atoms with van der Waals surface area (Å²) in [6.07, 6.45) is 10.5. The lowest BCUT2D eigenvalue weighted by atomic mass is 10.1. The maximum absolute atomic E-state index is 12.6. The second-order valence-electron chi connectivity index (χ2n) is 24.1. The topological polar surface area (TPSA) is 192 Å². The van der Waals surface area contributed by atoms with E-state index in [4.69, 9.17) is 28.4 Å². The maximum atomic E-state index is 12.6. The number of nitrogens with one attached hydrogen (secondary N) is 4. The average molecular weight is 1260 g/mol. The van der Waals surface area contributed by atoms with Crippen molar-refractivity contribution < 1.29 is 56.7 Å². The number of anilines is 4. The predicted molar refractivity (Wildman–Crippen MR) is 367 cm³/mol. The highest BCUT2D eigenvalue weighted by atomic mass is 16.5. The van der Waals surface area contributed by atoms with Gasteiger partial charge >= 0.3 is 0 Å². The molecule has 6 aromatic rings. The third kappa shape index (κ3) is 26.7. The molecular formula is C71H108N10O10+2. The summed E-state index contributed by atoms with van der Waals surface area (Å²) in [6, 6.07) is 31.1. The Hall–Kier alpha value is -6.94. The molecule has 20 nitrogen and oxygen atoms in total. The Morgan fingerprint density at radius 3 is 0.791 bits per heavy atom. The molecule has 0 radical (unpaired) electrons. The van der Waals surface area contributed by atoms with Crippen LogP contribution in [0.25, 0.3) is 43.6 Å². The molecule has 0 atom stereocenters. The Kier molecular flexibility index (Phi) is 33.4. The van der Waals surface area contributed by atoms with E-state index in [0.29, 0.717) is 150 Å². The zero-order valence-electron chi connectivity index (χ0n) is 56.2. The fourth-order valence-electron chi connectivity index (χ4n) is 10.7. The van der Waals surface area contributed by atoms with Crippen LogP contribution in [0.15, 0.2) is 84.9 Å². The number of hydrogen-bond donors (Lipinski definition) is 4. The van der Waals surface area contributed by atoms with Gasteiger partial charge in [-0.3, -0.25) is 19.2 Å². The third-order valence-electron chi connectivity index (χ3n) is 15.9. The van der Waals surface area contributed by atoms with E-state index in [-0.39, 0.29) is 23.6 Å². The van der Waals surface area contributed by atoms with Crippen LogP contribution < -0.4 is 50.0 Å². The molecule has 20 heteroatoms. The molecule has 4 amide bonds. The number of rotatable bonds is 48. The predicted octanol–water partition coefficient (Wildman–Crippen LogP) is 8.25. The van der Waals surface area contributed by atoms with Crippen molar-refractivity contribution in [1.29, 1.82) is 0 Å². The Morgan fingerprint density at radius 1 is 0.297 bits per heavy atom. The van der Waals surface area contributed by atoms with Crippen LogP contribution in [0.3, 0.4) is 0 Å². The van der Waals surface area contributed by atoms with E-state index < -0.39 is 0 Å². The smallest absolute Gasteiger partial charge is 0.220 e. The molecule has 0 saturated heterocycles. The normalized spacial score (nSPS) is 11.4. The van der Waals surface area contributed by atoms with Crippen molar-refractivity contribution in [1.82, 2.24) is 21.3 Å². The molecule has 0 saturated carbocycles. The fraction of sp³-hybridized carbons (Fsp3) is 0.577. The monoisotopic (exact) mass is 1260 g/mol. The molecule has 500 valence electrons. The summed E-state index contributed by atoms with van der Waals surface area (Å²) in [5, 5.41) is 16.7. The first kappa shape index (κ1) is 73.1. The zero-order chi connectivity index (χ0) is 65.0. The van der Waals surface area contributed by atoms with Gasteiger partial charge in [-0.15, -0.1) is 0 Å². The van der Waals surface area contributed by atoms with E-state index in [9.17, 15) is 19.2 Å². The molecule has 2 aromatic heterocycles. The van der Waals surface area contributed by atoms with Crippen LogP contribution in [-0.4, -0.2) is 185 Å². The number of benzene rings is 4. The summed E-state index contributed by atoms with van der Waals surface area (Å²) in [4.78, 5) is 58.1. The van der Waals surface area contributed by atoms with Crippen LogP contribution in [0.4, 0.5) is 22.7 Å². The summed E-state index contributed by atoms with van der Waals surface area (Å²) < 4.78 is 38.7. The first-order chi connectivity index (χ1) is 44.2. The van der Waals surface area contributed by atoms with Crippen LogP contribution in [0.5, 0.6) is 0 Å². The van der Waals surface area contributed by atoms with Crippen LogP contribution >= 0.6 is 0 Å². The van der Waals surface area contributed by atoms with Crippen molar-refractivity contribution >= 4 is 90.0 Å². The first-order valence-corrected chi connectivity index (χ1v) is 33.2. The lowest BCUT2D eigenvalue weighted by Gasteiger charge is -2.15. The van der Waals surface area contributed by atoms with Crippen molar-refractivity contribution in [3.8, 4) is 0 Å². The van der Waals surface area contributed by atoms with Gasteiger partial charge in [-0.1, -0.05) is 0 Å². The summed E-state index contributed by atoms with van der Waals surface area (Å²) in [6.45, 7) is 9.77. The van der Waals surface area contributed by atoms with Gasteiger partial charge in [0, 0.05) is 216 Å². The molecule has 4 N–H and O–H groups in total. The number of hydrogen-bond acceptors (Lipinski definition) is 14. The van der Waals surface area contributed by atoms with E-state index in [1.54, 1.807) is 0 Å². The van der Waals surface area contributed by atoms with Gasteiger partial charge in [0.2, 0.25) is 45.7 Å². The van der Waals surface area contributed by atoms with Gasteiger partial charge in [0.25, 0.3) is 0 Å². The molecule has 6 rings (SSSR count). The largest absolute Gasteiger partial charge is 0.379 e. The maximum Gasteiger partial charge on any atom is 0.220 e. The van der Waals surface area contributed by atoms with Gasteiger partial charge < -0.3 is 69.3 Å². The number of amides is 4. The molecule has 0 unspecified atom stereocenters. The van der Waals surface area contributed by atoms with Crippen LogP contribution in [0.2, 0.25) is 0 Å². The van der Waals surface area contributed by atoms with Crippen molar-refractivity contribution in [2.45, 2.75) is 109 Å². The molecule has 91 heavy (non-hydrogen) atoms. The Morgan fingerprint density at radius 2 is 0.538 bits per heavy atom. The van der Waals surface area contributed by atoms with Crippen molar-refractivity contribution in [2.75, 3.05) is 181 Å². The van der Waals surface area contributed by atoms with Gasteiger partial charge in [0.05, 0.1) is 52.9 Å². The molecule has 2 heterocycles. The molecule has 0 fully saturated rings. The summed E-state index contributed by atoms with van der Waals surface area (Å²) in [5.74, 6) is 0.00509. The summed E-state index contributed by atoms with van der Waals surface area (Å²) in [5.41, 5.74) is 9.57. The van der Waals surface area contributed by atoms with Crippen LogP contribution in [0.1, 0.15) is 96.3 Å². The van der Waals surface area contributed by atoms with Gasteiger partial charge in [0.15, 0.2) is 0 Å². The highest BCUT2D eigenvalue weighted by Crippen LogP contribution is 2.28. The second-order valence-corrected chi connectivity index (χ2v) is 24.1. The number of fused-ring (bicyclic) bond motifs is 4. The van der Waals surface area contributed by atoms with Crippen molar-refractivity contribution in [2.24, 2.45) is 0 Å². The first-order valence-electron chi connectivity index (χ1n) is 33.2. The summed E-state index contributed by atoms with van der Waals surface area (Å²) >= 11 is 0. The number of nitrogens with zero attached hydrogens (tertiary/aromatic N) is 6. The minimum Gasteiger partial charge on any atom is -0.379 e. The standard InChI is InChI=1S/C71H106N10O10/c1-76(2)60-28-24-56-50-57-25-29-61(77(3)4)53-65(57)80(64(56)52-60)36-13-9-11-20-68(82)72-32-16-38-86-42-46-90-48-44-88-40-18-34-74-70(84)22-15-23-71(85)75-35-19-41-89-45-49-91-47-43-87-39-17-33-73-69(83)21-12-10-14-37-81-66-54-62(78(5)6)30-26-58(66)51-59-27-31-63(79(7)8)55-67(59)81/h24-31,50-55H,9-23,32-49H2,1-8H3,(H2-2,72,73,74,75,82,83,84,85)/p+2. The third-order valence-corrected chi connectivity index (χ3v) is 15.9. The average Bonchev–Trinajstić information content (AvgIpc) is 0.923. The molecule has 0 spiro atoms. The number of unbranched alkanes of at least 4 members (excludes halogenated alkanes) is 4. The highest BCUT2D eigenvalue weighted by molar-refractivity contribution is 5.93. The number of aryl methyl sites for hydroxylation is 2. The number of ether oxygens (including phenoxy) is 6. The quantitative estimate of drug-likeness (QED) is 0.0162. The Bertz CT molecular complexity index is 2820. The van der Waals surface area contributed by atoms with E-state index in [2.05, 4.69) is 191 Å². The van der Waals surface area contributed by atoms with Crippen molar-refractivity contribution in [3.63, 3.8) is 0 Å². The fourth-order valence-corrected chi connectivity index (χ4v) is 10.7. The van der Waals surface area contributed by atoms with E-state index in [0.717, 1.165) is 64.5 Å². The van der Waals surface area contributed by atoms with Gasteiger partial charge in [-0.25, -0.2) is 0 Å². The second kappa shape index (κ2) is 41.5. The van der Waals surface area contributed by atoms with Crippen LogP contribution in [0, 0.1) is 0 Å². The Labute approximate surface area is 541 Å². The number of pyridine rings is 2. The SMILES string of the molecule is CN(C)c1ccc2cc3ccc(N(C)C)cc3[n+](CCCCCC(=O)NCCCOCCOCCOCCCNC(=O)CCCC(=O)NCCCOCCOCCOCCCNC(=O)CCCCC[n+]3c4cc(N(C)C)ccc4cc4ccc(N(C)C)cc43)c2c1. The lowest BCUT2D eigenvalue weighted by Crippen LogP contribution is -2.36. The molecule has 0 aliphatic carbocycles. The molecule has 0 aliphatic heterocycles. The minimum absolute atomic E-state index is 0.0784. The Balaban J connectivity index is 0.637. The van der Waals surface area contributed by atoms with E-state index in [1.807, 2.05) is 0 Å².